The molecule has 0 aromatic carbocycles. The van der Waals surface area contributed by atoms with Crippen molar-refractivity contribution in [2.75, 3.05) is 19.8 Å². The molecule has 0 aliphatic rings. The monoisotopic (exact) mass is 324 g/mol. The molecule has 0 amide bonds. The van der Waals surface area contributed by atoms with Crippen molar-refractivity contribution in [2.45, 2.75) is 39.2 Å². The smallest absolute Gasteiger partial charge is 0.434 e. The zero-order valence-electron chi connectivity index (χ0n) is 12.5. The summed E-state index contributed by atoms with van der Waals surface area (Å²) in [7, 11) is 0. The predicted molar refractivity (Wildman–Crippen MR) is 70.8 cm³/mol. The van der Waals surface area contributed by atoms with Crippen molar-refractivity contribution in [2.24, 2.45) is 5.92 Å². The topological polar surface area (TPSA) is 140 Å². The molecular formula is C11H20N2O9. The van der Waals surface area contributed by atoms with Crippen LogP contribution in [0.3, 0.4) is 0 Å². The molecule has 0 aromatic heterocycles. The van der Waals surface area contributed by atoms with E-state index < -0.39 is 29.0 Å². The fourth-order valence-corrected chi connectivity index (χ4v) is 1.34. The molecule has 0 N–H and O–H groups in total. The lowest BCUT2D eigenvalue weighted by Crippen LogP contribution is -2.24. The molecule has 0 rings (SSSR count). The second kappa shape index (κ2) is 11.3. The van der Waals surface area contributed by atoms with Crippen LogP contribution in [0.5, 0.6) is 0 Å². The summed E-state index contributed by atoms with van der Waals surface area (Å²) in [6.45, 7) is 3.57. The average molecular weight is 324 g/mol. The Morgan fingerprint density at radius 2 is 1.73 bits per heavy atom. The van der Waals surface area contributed by atoms with Gasteiger partial charge in [-0.15, -0.1) is 20.2 Å². The summed E-state index contributed by atoms with van der Waals surface area (Å²) >= 11 is 0. The Hall–Kier alpha value is -2.33. The van der Waals surface area contributed by atoms with Crippen molar-refractivity contribution in [3.05, 3.63) is 20.2 Å². The van der Waals surface area contributed by atoms with Gasteiger partial charge in [0.15, 0.2) is 0 Å². The van der Waals surface area contributed by atoms with E-state index in [2.05, 4.69) is 9.68 Å². The number of unbranched alkanes of at least 4 members (excludes halogenated alkanes) is 1. The molecule has 0 aliphatic carbocycles. The molecule has 22 heavy (non-hydrogen) atoms. The van der Waals surface area contributed by atoms with Gasteiger partial charge in [0.1, 0.15) is 12.7 Å². The van der Waals surface area contributed by atoms with E-state index in [4.69, 9.17) is 9.47 Å². The number of carbonyl (C=O) groups is 1. The van der Waals surface area contributed by atoms with Crippen molar-refractivity contribution in [1.29, 1.82) is 0 Å². The lowest BCUT2D eigenvalue weighted by Gasteiger charge is -2.13. The van der Waals surface area contributed by atoms with E-state index in [1.807, 2.05) is 13.8 Å². The first-order valence-corrected chi connectivity index (χ1v) is 6.69. The van der Waals surface area contributed by atoms with Crippen LogP contribution < -0.4 is 0 Å². The normalized spacial score (nSPS) is 11.6. The standard InChI is InChI=1S/C11H20N2O9/c1-9(2)7-20-11(14)19-6-4-3-5-10(22-13(17)18)8-21-12(15)16/h9-10H,3-8H2,1-2H3/t10-/m0/s1. The quantitative estimate of drug-likeness (QED) is 0.227. The number of hydrogen-bond acceptors (Lipinski definition) is 9. The van der Waals surface area contributed by atoms with E-state index in [0.717, 1.165) is 0 Å². The van der Waals surface area contributed by atoms with Crippen LogP contribution in [0.1, 0.15) is 33.1 Å². The van der Waals surface area contributed by atoms with Crippen molar-refractivity contribution < 1.29 is 34.1 Å². The minimum absolute atomic E-state index is 0.0816. The van der Waals surface area contributed by atoms with Crippen LogP contribution in [0.25, 0.3) is 0 Å². The minimum Gasteiger partial charge on any atom is -0.434 e. The Morgan fingerprint density at radius 3 is 2.27 bits per heavy atom. The summed E-state index contributed by atoms with van der Waals surface area (Å²) in [6.07, 6.45) is -0.861. The second-order valence-corrected chi connectivity index (χ2v) is 4.77. The largest absolute Gasteiger partial charge is 0.508 e. The van der Waals surface area contributed by atoms with E-state index in [-0.39, 0.29) is 25.6 Å². The Balaban J connectivity index is 3.80. The van der Waals surface area contributed by atoms with Crippen molar-refractivity contribution in [1.82, 2.24) is 0 Å². The van der Waals surface area contributed by atoms with Gasteiger partial charge in [-0.25, -0.2) is 4.79 Å². The second-order valence-electron chi connectivity index (χ2n) is 4.77. The summed E-state index contributed by atoms with van der Waals surface area (Å²) in [5.74, 6) is 0.203. The zero-order valence-corrected chi connectivity index (χ0v) is 12.5. The molecule has 0 bridgehead atoms. The predicted octanol–water partition coefficient (Wildman–Crippen LogP) is 1.75. The van der Waals surface area contributed by atoms with Crippen molar-refractivity contribution >= 4 is 6.16 Å². The molecule has 0 heterocycles. The van der Waals surface area contributed by atoms with Crippen LogP contribution in [0.15, 0.2) is 0 Å². The first kappa shape index (κ1) is 19.7. The lowest BCUT2D eigenvalue weighted by molar-refractivity contribution is -0.790. The van der Waals surface area contributed by atoms with Crippen LogP contribution in [0.2, 0.25) is 0 Å². The first-order valence-electron chi connectivity index (χ1n) is 6.69. The molecule has 0 aromatic rings. The number of hydrogen-bond donors (Lipinski definition) is 0. The van der Waals surface area contributed by atoms with Gasteiger partial charge in [-0.2, -0.15) is 0 Å². The summed E-state index contributed by atoms with van der Waals surface area (Å²) in [6, 6.07) is 0. The van der Waals surface area contributed by atoms with E-state index in [9.17, 15) is 25.0 Å². The van der Waals surface area contributed by atoms with Crippen LogP contribution in [0, 0.1) is 26.1 Å². The molecule has 0 saturated carbocycles. The molecule has 0 spiro atoms. The van der Waals surface area contributed by atoms with Gasteiger partial charge in [0.2, 0.25) is 0 Å². The van der Waals surface area contributed by atoms with Crippen molar-refractivity contribution in [3.8, 4) is 0 Å². The molecule has 11 nitrogen and oxygen atoms in total. The maximum Gasteiger partial charge on any atom is 0.508 e. The van der Waals surface area contributed by atoms with Crippen LogP contribution in [0.4, 0.5) is 4.79 Å². The zero-order chi connectivity index (χ0) is 17.0. The van der Waals surface area contributed by atoms with Crippen LogP contribution in [-0.4, -0.2) is 42.3 Å². The van der Waals surface area contributed by atoms with Gasteiger partial charge in [0.05, 0.1) is 13.2 Å². The third-order valence-corrected chi connectivity index (χ3v) is 2.28. The summed E-state index contributed by atoms with van der Waals surface area (Å²) < 4.78 is 9.56. The fraction of sp³-hybridized carbons (Fsp3) is 0.909. The maximum atomic E-state index is 11.1. The Kier molecular flexibility index (Phi) is 10.1. The van der Waals surface area contributed by atoms with Gasteiger partial charge in [-0.3, -0.25) is 0 Å². The summed E-state index contributed by atoms with van der Waals surface area (Å²) in [5, 5.41) is 18.2. The molecule has 1 atom stereocenters. The van der Waals surface area contributed by atoms with E-state index in [0.29, 0.717) is 12.8 Å². The van der Waals surface area contributed by atoms with Gasteiger partial charge >= 0.3 is 6.16 Å². The first-order chi connectivity index (χ1) is 10.3. The third-order valence-electron chi connectivity index (χ3n) is 2.28. The third kappa shape index (κ3) is 12.7. The van der Waals surface area contributed by atoms with Gasteiger partial charge in [0, 0.05) is 0 Å². The molecule has 0 fully saturated rings. The minimum atomic E-state index is -1.05. The van der Waals surface area contributed by atoms with Gasteiger partial charge in [-0.1, -0.05) is 13.8 Å². The maximum absolute atomic E-state index is 11.1. The van der Waals surface area contributed by atoms with Crippen LogP contribution >= 0.6 is 0 Å². The molecule has 128 valence electrons. The lowest BCUT2D eigenvalue weighted by atomic mass is 10.2. The number of nitrogens with zero attached hydrogens (tertiary/aromatic N) is 2. The van der Waals surface area contributed by atoms with E-state index in [1.165, 1.54) is 0 Å². The highest BCUT2D eigenvalue weighted by Crippen LogP contribution is 2.07. The number of rotatable bonds is 12. The summed E-state index contributed by atoms with van der Waals surface area (Å²) in [5.41, 5.74) is 0. The molecule has 0 aliphatic heterocycles. The number of ether oxygens (including phenoxy) is 2. The SMILES string of the molecule is CC(C)COC(=O)OCCCC[C@@H](CO[N+](=O)[O-])O[N+](=O)[O-]. The summed E-state index contributed by atoms with van der Waals surface area (Å²) in [4.78, 5) is 39.7. The number of carbonyl (C=O) groups excluding carboxylic acids is 1. The Morgan fingerprint density at radius 1 is 1.05 bits per heavy atom. The van der Waals surface area contributed by atoms with E-state index in [1.54, 1.807) is 0 Å². The molecule has 11 heteroatoms. The molecular weight excluding hydrogens is 304 g/mol. The van der Waals surface area contributed by atoms with Crippen molar-refractivity contribution in [3.63, 3.8) is 0 Å². The Bertz CT molecular complexity index is 361. The molecule has 0 radical (unpaired) electrons. The van der Waals surface area contributed by atoms with Gasteiger partial charge in [0.25, 0.3) is 10.2 Å². The highest BCUT2D eigenvalue weighted by Gasteiger charge is 2.15. The Labute approximate surface area is 126 Å². The van der Waals surface area contributed by atoms with Crippen LogP contribution in [-0.2, 0) is 19.1 Å². The fourth-order valence-electron chi connectivity index (χ4n) is 1.34. The molecule has 0 unspecified atom stereocenters. The highest BCUT2D eigenvalue weighted by atomic mass is 17.0. The highest BCUT2D eigenvalue weighted by molar-refractivity contribution is 5.59. The van der Waals surface area contributed by atoms with Gasteiger partial charge < -0.3 is 19.1 Å². The van der Waals surface area contributed by atoms with Gasteiger partial charge in [-0.05, 0) is 25.2 Å². The van der Waals surface area contributed by atoms with E-state index >= 15 is 0 Å². The molecule has 0 saturated heterocycles. The average Bonchev–Trinajstić information content (AvgIpc) is 2.41.